The van der Waals surface area contributed by atoms with E-state index in [1.165, 1.54) is 11.3 Å². The molecule has 1 N–H and O–H groups in total. The minimum absolute atomic E-state index is 0.0391. The van der Waals surface area contributed by atoms with Gasteiger partial charge in [0, 0.05) is 24.2 Å². The first-order valence-corrected chi connectivity index (χ1v) is 8.23. The van der Waals surface area contributed by atoms with Crippen molar-refractivity contribution in [3.05, 3.63) is 46.4 Å². The van der Waals surface area contributed by atoms with Crippen molar-refractivity contribution in [3.63, 3.8) is 0 Å². The highest BCUT2D eigenvalue weighted by atomic mass is 32.1. The number of amides is 2. The van der Waals surface area contributed by atoms with Gasteiger partial charge in [-0.2, -0.15) is 0 Å². The van der Waals surface area contributed by atoms with E-state index in [9.17, 15) is 9.59 Å². The quantitative estimate of drug-likeness (QED) is 0.878. The average Bonchev–Trinajstić information content (AvgIpc) is 3.16. The first kappa shape index (κ1) is 13.5. The zero-order valence-corrected chi connectivity index (χ0v) is 12.7. The summed E-state index contributed by atoms with van der Waals surface area (Å²) in [6.45, 7) is 1.16. The first-order chi connectivity index (χ1) is 10.7. The fraction of sp³-hybridized carbons (Fsp3) is 0.312. The van der Waals surface area contributed by atoms with Gasteiger partial charge in [-0.15, -0.1) is 11.3 Å². The lowest BCUT2D eigenvalue weighted by Crippen LogP contribution is -2.48. The molecule has 2 amide bonds. The van der Waals surface area contributed by atoms with Gasteiger partial charge in [0.05, 0.1) is 10.9 Å². The van der Waals surface area contributed by atoms with Gasteiger partial charge in [0.2, 0.25) is 5.91 Å². The normalized spacial score (nSPS) is 19.1. The molecule has 0 radical (unpaired) electrons. The standard InChI is InChI=1S/C16H15N3O2S/c20-14(13-9-22-10-17-13)19-7-5-16(6-8-19)11-3-1-2-4-12(11)18-15(16)21/h1-4,9-10H,5-8H2,(H,18,21). The van der Waals surface area contributed by atoms with Crippen LogP contribution in [0.2, 0.25) is 0 Å². The lowest BCUT2D eigenvalue weighted by atomic mass is 9.73. The molecule has 2 aliphatic rings. The van der Waals surface area contributed by atoms with E-state index < -0.39 is 5.41 Å². The molecule has 112 valence electrons. The molecule has 1 aromatic carbocycles. The maximum Gasteiger partial charge on any atom is 0.273 e. The fourth-order valence-electron chi connectivity index (χ4n) is 3.44. The molecule has 6 heteroatoms. The summed E-state index contributed by atoms with van der Waals surface area (Å²) in [4.78, 5) is 30.7. The molecule has 4 rings (SSSR count). The molecule has 3 heterocycles. The van der Waals surface area contributed by atoms with E-state index in [1.807, 2.05) is 24.3 Å². The van der Waals surface area contributed by atoms with Gasteiger partial charge in [-0.25, -0.2) is 4.98 Å². The van der Waals surface area contributed by atoms with Crippen LogP contribution in [0.4, 0.5) is 5.69 Å². The van der Waals surface area contributed by atoms with Crippen molar-refractivity contribution in [1.29, 1.82) is 0 Å². The van der Waals surface area contributed by atoms with Crippen LogP contribution in [0.15, 0.2) is 35.2 Å². The summed E-state index contributed by atoms with van der Waals surface area (Å²) in [6, 6.07) is 7.85. The smallest absolute Gasteiger partial charge is 0.273 e. The van der Waals surface area contributed by atoms with Crippen LogP contribution in [0.25, 0.3) is 0 Å². The minimum atomic E-state index is -0.477. The number of anilines is 1. The molecule has 1 aromatic heterocycles. The molecule has 0 bridgehead atoms. The second-order valence-electron chi connectivity index (χ2n) is 5.75. The van der Waals surface area contributed by atoms with Crippen molar-refractivity contribution in [2.75, 3.05) is 18.4 Å². The van der Waals surface area contributed by atoms with Crippen LogP contribution in [-0.4, -0.2) is 34.8 Å². The van der Waals surface area contributed by atoms with Gasteiger partial charge in [-0.1, -0.05) is 18.2 Å². The summed E-state index contributed by atoms with van der Waals surface area (Å²) in [6.07, 6.45) is 1.32. The third kappa shape index (κ3) is 1.87. The number of nitrogens with zero attached hydrogens (tertiary/aromatic N) is 2. The second-order valence-corrected chi connectivity index (χ2v) is 6.47. The van der Waals surface area contributed by atoms with Crippen LogP contribution in [-0.2, 0) is 10.2 Å². The number of aromatic nitrogens is 1. The maximum absolute atomic E-state index is 12.5. The van der Waals surface area contributed by atoms with E-state index in [4.69, 9.17) is 0 Å². The number of para-hydroxylation sites is 1. The number of hydrogen-bond acceptors (Lipinski definition) is 4. The Morgan fingerprint density at radius 1 is 1.27 bits per heavy atom. The van der Waals surface area contributed by atoms with Gasteiger partial charge in [0.25, 0.3) is 5.91 Å². The Balaban J connectivity index is 1.57. The monoisotopic (exact) mass is 313 g/mol. The topological polar surface area (TPSA) is 62.3 Å². The average molecular weight is 313 g/mol. The van der Waals surface area contributed by atoms with E-state index in [0.29, 0.717) is 31.6 Å². The Morgan fingerprint density at radius 3 is 2.77 bits per heavy atom. The molecule has 5 nitrogen and oxygen atoms in total. The van der Waals surface area contributed by atoms with E-state index in [2.05, 4.69) is 10.3 Å². The highest BCUT2D eigenvalue weighted by molar-refractivity contribution is 7.07. The predicted octanol–water partition coefficient (Wildman–Crippen LogP) is 2.27. The Morgan fingerprint density at radius 2 is 2.05 bits per heavy atom. The molecular formula is C16H15N3O2S. The molecular weight excluding hydrogens is 298 g/mol. The Labute approximate surface area is 132 Å². The molecule has 1 fully saturated rings. The molecule has 1 spiro atoms. The molecule has 0 atom stereocenters. The number of rotatable bonds is 1. The van der Waals surface area contributed by atoms with Gasteiger partial charge < -0.3 is 10.2 Å². The van der Waals surface area contributed by atoms with Gasteiger partial charge in [0.15, 0.2) is 0 Å². The molecule has 2 aliphatic heterocycles. The Kier molecular flexibility index (Phi) is 3.00. The number of thiazole rings is 1. The van der Waals surface area contributed by atoms with Crippen LogP contribution < -0.4 is 5.32 Å². The van der Waals surface area contributed by atoms with E-state index in [1.54, 1.807) is 15.8 Å². The van der Waals surface area contributed by atoms with Crippen molar-refractivity contribution in [2.24, 2.45) is 0 Å². The van der Waals surface area contributed by atoms with Gasteiger partial charge in [-0.3, -0.25) is 9.59 Å². The summed E-state index contributed by atoms with van der Waals surface area (Å²) < 4.78 is 0. The molecule has 0 unspecified atom stereocenters. The number of piperidine rings is 1. The zero-order valence-electron chi connectivity index (χ0n) is 11.9. The van der Waals surface area contributed by atoms with Crippen molar-refractivity contribution >= 4 is 28.8 Å². The van der Waals surface area contributed by atoms with E-state index in [0.717, 1.165) is 11.3 Å². The Hall–Kier alpha value is -2.21. The molecule has 0 aliphatic carbocycles. The SMILES string of the molecule is O=C(c1cscn1)N1CCC2(CC1)C(=O)Nc1ccccc12. The maximum atomic E-state index is 12.5. The highest BCUT2D eigenvalue weighted by Crippen LogP contribution is 2.44. The van der Waals surface area contributed by atoms with Crippen molar-refractivity contribution < 1.29 is 9.59 Å². The number of carbonyl (C=O) groups is 2. The lowest BCUT2D eigenvalue weighted by Gasteiger charge is -2.37. The lowest BCUT2D eigenvalue weighted by molar-refractivity contribution is -0.122. The number of fused-ring (bicyclic) bond motifs is 2. The third-order valence-electron chi connectivity index (χ3n) is 4.68. The van der Waals surface area contributed by atoms with Crippen molar-refractivity contribution in [2.45, 2.75) is 18.3 Å². The fourth-order valence-corrected chi connectivity index (χ4v) is 3.97. The number of carbonyl (C=O) groups excluding carboxylic acids is 2. The third-order valence-corrected chi connectivity index (χ3v) is 5.27. The molecule has 22 heavy (non-hydrogen) atoms. The summed E-state index contributed by atoms with van der Waals surface area (Å²) in [7, 11) is 0. The predicted molar refractivity (Wildman–Crippen MR) is 84.0 cm³/mol. The minimum Gasteiger partial charge on any atom is -0.337 e. The number of hydrogen-bond donors (Lipinski definition) is 1. The summed E-state index contributed by atoms with van der Waals surface area (Å²) in [5.74, 6) is 0.0252. The largest absolute Gasteiger partial charge is 0.337 e. The van der Waals surface area contributed by atoms with Crippen LogP contribution in [0.1, 0.15) is 28.9 Å². The second kappa shape index (κ2) is 4.91. The summed E-state index contributed by atoms with van der Waals surface area (Å²) >= 11 is 1.42. The van der Waals surface area contributed by atoms with Crippen LogP contribution in [0, 0.1) is 0 Å². The van der Waals surface area contributed by atoms with Crippen molar-refractivity contribution in [3.8, 4) is 0 Å². The van der Waals surface area contributed by atoms with Crippen LogP contribution in [0.5, 0.6) is 0 Å². The Bertz CT molecular complexity index is 734. The van der Waals surface area contributed by atoms with Crippen LogP contribution >= 0.6 is 11.3 Å². The number of nitrogens with one attached hydrogen (secondary N) is 1. The highest BCUT2D eigenvalue weighted by Gasteiger charge is 2.48. The number of likely N-dealkylation sites (tertiary alicyclic amines) is 1. The molecule has 2 aromatic rings. The molecule has 0 saturated carbocycles. The van der Waals surface area contributed by atoms with Gasteiger partial charge in [-0.05, 0) is 24.5 Å². The molecule has 1 saturated heterocycles. The summed E-state index contributed by atoms with van der Waals surface area (Å²) in [5, 5.41) is 4.74. The summed E-state index contributed by atoms with van der Waals surface area (Å²) in [5.41, 5.74) is 3.67. The van der Waals surface area contributed by atoms with Gasteiger partial charge in [0.1, 0.15) is 5.69 Å². The van der Waals surface area contributed by atoms with Gasteiger partial charge >= 0.3 is 0 Å². The zero-order chi connectivity index (χ0) is 15.2. The van der Waals surface area contributed by atoms with E-state index >= 15 is 0 Å². The number of benzene rings is 1. The van der Waals surface area contributed by atoms with Crippen LogP contribution in [0.3, 0.4) is 0 Å². The van der Waals surface area contributed by atoms with Crippen molar-refractivity contribution in [1.82, 2.24) is 9.88 Å². The first-order valence-electron chi connectivity index (χ1n) is 7.29. The van der Waals surface area contributed by atoms with E-state index in [-0.39, 0.29) is 11.8 Å².